The molecule has 0 aliphatic rings. The lowest BCUT2D eigenvalue weighted by Gasteiger charge is -2.14. The molecular weight excluding hydrogens is 358 g/mol. The normalized spacial score (nSPS) is 11.8. The Kier molecular flexibility index (Phi) is 5.99. The number of carbonyl (C=O) groups excluding carboxylic acids is 1. The van der Waals surface area contributed by atoms with Gasteiger partial charge in [-0.2, -0.15) is 0 Å². The second-order valence-corrected chi connectivity index (χ2v) is 6.48. The third kappa shape index (κ3) is 4.17. The zero-order valence-corrected chi connectivity index (χ0v) is 16.2. The van der Waals surface area contributed by atoms with E-state index in [1.165, 1.54) is 0 Å². The van der Waals surface area contributed by atoms with Crippen LogP contribution in [0.2, 0.25) is 0 Å². The number of methoxy groups -OCH3 is 1. The second-order valence-electron chi connectivity index (χ2n) is 6.48. The van der Waals surface area contributed by atoms with Crippen LogP contribution >= 0.6 is 0 Å². The number of nitrogens with one attached hydrogen (secondary N) is 1. The Morgan fingerprint density at radius 1 is 1.14 bits per heavy atom. The van der Waals surface area contributed by atoms with Crippen LogP contribution in [-0.4, -0.2) is 25.7 Å². The zero-order valence-electron chi connectivity index (χ0n) is 16.2. The minimum Gasteiger partial charge on any atom is -0.497 e. The highest BCUT2D eigenvalue weighted by molar-refractivity contribution is 5.83. The molecule has 3 rings (SSSR count). The number of rotatable bonds is 7. The maximum Gasteiger partial charge on any atom is 0.258 e. The van der Waals surface area contributed by atoms with Crippen LogP contribution in [0.25, 0.3) is 22.3 Å². The summed E-state index contributed by atoms with van der Waals surface area (Å²) in [6.07, 6.45) is 0.806. The molecule has 0 bridgehead atoms. The third-order valence-electron chi connectivity index (χ3n) is 4.48. The summed E-state index contributed by atoms with van der Waals surface area (Å²) in [5.41, 5.74) is 0.791. The molecule has 0 saturated heterocycles. The molecule has 146 valence electrons. The highest BCUT2D eigenvalue weighted by Crippen LogP contribution is 2.31. The van der Waals surface area contributed by atoms with Gasteiger partial charge in [0.05, 0.1) is 12.5 Å². The second kappa shape index (κ2) is 8.61. The van der Waals surface area contributed by atoms with Gasteiger partial charge in [-0.15, -0.1) is 0 Å². The topological polar surface area (TPSA) is 77.8 Å². The van der Waals surface area contributed by atoms with Gasteiger partial charge in [0, 0.05) is 11.6 Å². The van der Waals surface area contributed by atoms with E-state index in [1.54, 1.807) is 55.6 Å². The predicted molar refractivity (Wildman–Crippen MR) is 108 cm³/mol. The number of benzene rings is 2. The van der Waals surface area contributed by atoms with Crippen molar-refractivity contribution in [3.05, 3.63) is 58.8 Å². The van der Waals surface area contributed by atoms with Gasteiger partial charge in [-0.25, -0.2) is 0 Å². The SMILES string of the molecule is CC[C@@H](C)NC(=O)COc1c(-c2ccc(OC)cc2)oc2ccccc2c1=O. The molecular formula is C22H23NO5. The summed E-state index contributed by atoms with van der Waals surface area (Å²) in [4.78, 5) is 25.1. The maximum absolute atomic E-state index is 13.0. The summed E-state index contributed by atoms with van der Waals surface area (Å²) < 4.78 is 16.8. The van der Waals surface area contributed by atoms with E-state index in [2.05, 4.69) is 5.32 Å². The first-order valence-electron chi connectivity index (χ1n) is 9.16. The molecule has 0 spiro atoms. The number of ether oxygens (including phenoxy) is 2. The molecule has 0 fully saturated rings. The van der Waals surface area contributed by atoms with Gasteiger partial charge in [0.1, 0.15) is 11.3 Å². The van der Waals surface area contributed by atoms with Gasteiger partial charge in [-0.05, 0) is 49.7 Å². The predicted octanol–water partition coefficient (Wildman–Crippen LogP) is 3.76. The molecule has 2 aromatic carbocycles. The van der Waals surface area contributed by atoms with Crippen LogP contribution in [-0.2, 0) is 4.79 Å². The molecule has 0 unspecified atom stereocenters. The first-order valence-corrected chi connectivity index (χ1v) is 9.16. The Labute approximate surface area is 163 Å². The molecule has 1 atom stereocenters. The minimum absolute atomic E-state index is 0.0168. The first kappa shape index (κ1) is 19.5. The average molecular weight is 381 g/mol. The highest BCUT2D eigenvalue weighted by atomic mass is 16.5. The van der Waals surface area contributed by atoms with E-state index >= 15 is 0 Å². The van der Waals surface area contributed by atoms with Gasteiger partial charge in [-0.1, -0.05) is 19.1 Å². The molecule has 1 aromatic heterocycles. The van der Waals surface area contributed by atoms with Crippen LogP contribution in [0.3, 0.4) is 0 Å². The Morgan fingerprint density at radius 2 is 1.86 bits per heavy atom. The van der Waals surface area contributed by atoms with Gasteiger partial charge >= 0.3 is 0 Å². The van der Waals surface area contributed by atoms with Crippen LogP contribution < -0.4 is 20.2 Å². The summed E-state index contributed by atoms with van der Waals surface area (Å²) in [6, 6.07) is 14.1. The standard InChI is InChI=1S/C22H23NO5/c1-4-14(2)23-19(24)13-27-22-20(25)17-7-5-6-8-18(17)28-21(22)15-9-11-16(26-3)12-10-15/h5-12,14H,4,13H2,1-3H3,(H,23,24)/t14-/m1/s1. The Morgan fingerprint density at radius 3 is 2.54 bits per heavy atom. The molecule has 0 saturated carbocycles. The first-order chi connectivity index (χ1) is 13.5. The molecule has 0 aliphatic carbocycles. The fourth-order valence-corrected chi connectivity index (χ4v) is 2.74. The van der Waals surface area contributed by atoms with Crippen molar-refractivity contribution in [3.8, 4) is 22.8 Å². The number of hydrogen-bond donors (Lipinski definition) is 1. The average Bonchev–Trinajstić information content (AvgIpc) is 2.73. The number of amides is 1. The lowest BCUT2D eigenvalue weighted by atomic mass is 10.1. The maximum atomic E-state index is 13.0. The van der Waals surface area contributed by atoms with Crippen molar-refractivity contribution in [2.45, 2.75) is 26.3 Å². The van der Waals surface area contributed by atoms with E-state index in [4.69, 9.17) is 13.9 Å². The third-order valence-corrected chi connectivity index (χ3v) is 4.48. The van der Waals surface area contributed by atoms with Crippen LogP contribution in [0.15, 0.2) is 57.7 Å². The molecule has 1 N–H and O–H groups in total. The quantitative estimate of drug-likeness (QED) is 0.674. The number of carbonyl (C=O) groups is 1. The van der Waals surface area contributed by atoms with Crippen molar-refractivity contribution < 1.29 is 18.7 Å². The molecule has 1 heterocycles. The largest absolute Gasteiger partial charge is 0.497 e. The van der Waals surface area contributed by atoms with Crippen molar-refractivity contribution in [1.82, 2.24) is 5.32 Å². The lowest BCUT2D eigenvalue weighted by Crippen LogP contribution is -2.36. The van der Waals surface area contributed by atoms with Crippen molar-refractivity contribution in [1.29, 1.82) is 0 Å². The number of hydrogen-bond acceptors (Lipinski definition) is 5. The van der Waals surface area contributed by atoms with E-state index in [1.807, 2.05) is 13.8 Å². The van der Waals surface area contributed by atoms with Gasteiger partial charge in [0.15, 0.2) is 12.4 Å². The van der Waals surface area contributed by atoms with Crippen LogP contribution in [0.4, 0.5) is 0 Å². The lowest BCUT2D eigenvalue weighted by molar-refractivity contribution is -0.123. The smallest absolute Gasteiger partial charge is 0.258 e. The van der Waals surface area contributed by atoms with Crippen molar-refractivity contribution in [2.75, 3.05) is 13.7 Å². The van der Waals surface area contributed by atoms with E-state index in [-0.39, 0.29) is 35.5 Å². The highest BCUT2D eigenvalue weighted by Gasteiger charge is 2.19. The summed E-state index contributed by atoms with van der Waals surface area (Å²) in [7, 11) is 1.58. The molecule has 28 heavy (non-hydrogen) atoms. The monoisotopic (exact) mass is 381 g/mol. The van der Waals surface area contributed by atoms with E-state index in [0.717, 1.165) is 6.42 Å². The van der Waals surface area contributed by atoms with Crippen LogP contribution in [0, 0.1) is 0 Å². The van der Waals surface area contributed by atoms with Crippen molar-refractivity contribution in [2.24, 2.45) is 0 Å². The fourth-order valence-electron chi connectivity index (χ4n) is 2.74. The van der Waals surface area contributed by atoms with Crippen molar-refractivity contribution in [3.63, 3.8) is 0 Å². The molecule has 0 aliphatic heterocycles. The Balaban J connectivity index is 2.01. The van der Waals surface area contributed by atoms with Crippen molar-refractivity contribution >= 4 is 16.9 Å². The van der Waals surface area contributed by atoms with Gasteiger partial charge in [0.25, 0.3) is 5.91 Å². The molecule has 6 nitrogen and oxygen atoms in total. The van der Waals surface area contributed by atoms with Gasteiger partial charge in [-0.3, -0.25) is 9.59 Å². The number of para-hydroxylation sites is 1. The summed E-state index contributed by atoms with van der Waals surface area (Å²) >= 11 is 0. The molecule has 1 amide bonds. The number of fused-ring (bicyclic) bond motifs is 1. The molecule has 3 aromatic rings. The molecule has 0 radical (unpaired) electrons. The molecule has 6 heteroatoms. The zero-order chi connectivity index (χ0) is 20.1. The van der Waals surface area contributed by atoms with Gasteiger partial charge < -0.3 is 19.2 Å². The van der Waals surface area contributed by atoms with Crippen LogP contribution in [0.5, 0.6) is 11.5 Å². The minimum atomic E-state index is -0.316. The van der Waals surface area contributed by atoms with E-state index < -0.39 is 0 Å². The summed E-state index contributed by atoms with van der Waals surface area (Å²) in [6.45, 7) is 3.62. The Hall–Kier alpha value is -3.28. The van der Waals surface area contributed by atoms with Crippen LogP contribution in [0.1, 0.15) is 20.3 Å². The van der Waals surface area contributed by atoms with Gasteiger partial charge in [0.2, 0.25) is 11.2 Å². The summed E-state index contributed by atoms with van der Waals surface area (Å²) in [5.74, 6) is 0.690. The Bertz CT molecular complexity index is 1020. The summed E-state index contributed by atoms with van der Waals surface area (Å²) in [5, 5.41) is 3.22. The fraction of sp³-hybridized carbons (Fsp3) is 0.273. The van der Waals surface area contributed by atoms with E-state index in [9.17, 15) is 9.59 Å². The van der Waals surface area contributed by atoms with E-state index in [0.29, 0.717) is 22.3 Å².